The predicted molar refractivity (Wildman–Crippen MR) is 76.8 cm³/mol. The zero-order chi connectivity index (χ0) is 13.0. The molecule has 1 fully saturated rings. The lowest BCUT2D eigenvalue weighted by Gasteiger charge is -2.38. The van der Waals surface area contributed by atoms with Crippen molar-refractivity contribution >= 4 is 5.82 Å². The van der Waals surface area contributed by atoms with Gasteiger partial charge in [-0.05, 0) is 30.9 Å². The molecular weight excluding hydrogens is 222 g/mol. The fraction of sp³-hybridized carbons (Fsp3) is 0.667. The van der Waals surface area contributed by atoms with E-state index in [2.05, 4.69) is 42.0 Å². The van der Waals surface area contributed by atoms with Crippen LogP contribution in [0.5, 0.6) is 0 Å². The molecule has 1 saturated heterocycles. The van der Waals surface area contributed by atoms with Gasteiger partial charge in [-0.25, -0.2) is 4.98 Å². The summed E-state index contributed by atoms with van der Waals surface area (Å²) in [7, 11) is 0. The molecule has 1 N–H and O–H groups in total. The maximum Gasteiger partial charge on any atom is 0.133 e. The zero-order valence-corrected chi connectivity index (χ0v) is 11.9. The van der Waals surface area contributed by atoms with E-state index in [1.165, 1.54) is 24.2 Å². The summed E-state index contributed by atoms with van der Waals surface area (Å²) in [5, 5.41) is 3.39. The standard InChI is InChI=1S/C15H25N3/c1-4-16-12-13-6-5-9-17-14(13)18-10-7-15(2,3)8-11-18/h5-6,9,16H,4,7-8,10-12H2,1-3H3. The van der Waals surface area contributed by atoms with Crippen LogP contribution in [0.15, 0.2) is 18.3 Å². The molecule has 0 aromatic carbocycles. The first-order valence-electron chi connectivity index (χ1n) is 7.02. The van der Waals surface area contributed by atoms with Crippen LogP contribution in [-0.4, -0.2) is 24.6 Å². The Morgan fingerprint density at radius 3 is 2.72 bits per heavy atom. The maximum atomic E-state index is 4.59. The zero-order valence-electron chi connectivity index (χ0n) is 11.9. The molecule has 0 aliphatic carbocycles. The third kappa shape index (κ3) is 3.22. The van der Waals surface area contributed by atoms with Crippen molar-refractivity contribution in [2.24, 2.45) is 5.41 Å². The van der Waals surface area contributed by atoms with Gasteiger partial charge in [0.05, 0.1) is 0 Å². The molecule has 0 amide bonds. The van der Waals surface area contributed by atoms with Gasteiger partial charge in [-0.1, -0.05) is 26.8 Å². The second-order valence-corrected chi connectivity index (χ2v) is 5.92. The van der Waals surface area contributed by atoms with Crippen LogP contribution >= 0.6 is 0 Å². The summed E-state index contributed by atoms with van der Waals surface area (Å²) in [6, 6.07) is 4.22. The normalized spacial score (nSPS) is 18.9. The Kier molecular flexibility index (Phi) is 4.23. The maximum absolute atomic E-state index is 4.59. The van der Waals surface area contributed by atoms with Gasteiger partial charge < -0.3 is 10.2 Å². The molecule has 2 rings (SSSR count). The third-order valence-electron chi connectivity index (χ3n) is 3.85. The fourth-order valence-electron chi connectivity index (χ4n) is 2.44. The van der Waals surface area contributed by atoms with Crippen molar-refractivity contribution in [3.8, 4) is 0 Å². The van der Waals surface area contributed by atoms with Crippen molar-refractivity contribution in [1.82, 2.24) is 10.3 Å². The molecule has 1 aromatic heterocycles. The van der Waals surface area contributed by atoms with Crippen LogP contribution in [0.3, 0.4) is 0 Å². The summed E-state index contributed by atoms with van der Waals surface area (Å²) >= 11 is 0. The highest BCUT2D eigenvalue weighted by molar-refractivity contribution is 5.47. The topological polar surface area (TPSA) is 28.2 Å². The summed E-state index contributed by atoms with van der Waals surface area (Å²) in [4.78, 5) is 7.03. The molecule has 0 bridgehead atoms. The van der Waals surface area contributed by atoms with Crippen LogP contribution in [-0.2, 0) is 6.54 Å². The molecule has 3 nitrogen and oxygen atoms in total. The smallest absolute Gasteiger partial charge is 0.133 e. The Balaban J connectivity index is 2.08. The van der Waals surface area contributed by atoms with Crippen LogP contribution in [0.1, 0.15) is 39.2 Å². The van der Waals surface area contributed by atoms with E-state index in [1.807, 2.05) is 12.3 Å². The van der Waals surface area contributed by atoms with E-state index >= 15 is 0 Å². The molecule has 100 valence electrons. The number of hydrogen-bond donors (Lipinski definition) is 1. The lowest BCUT2D eigenvalue weighted by molar-refractivity contribution is 0.279. The van der Waals surface area contributed by atoms with Crippen LogP contribution < -0.4 is 10.2 Å². The van der Waals surface area contributed by atoms with E-state index in [0.717, 1.165) is 26.2 Å². The Bertz CT molecular complexity index is 377. The number of hydrogen-bond acceptors (Lipinski definition) is 3. The Hall–Kier alpha value is -1.09. The number of rotatable bonds is 4. The molecule has 18 heavy (non-hydrogen) atoms. The first kappa shape index (κ1) is 13.3. The van der Waals surface area contributed by atoms with Gasteiger partial charge in [0.25, 0.3) is 0 Å². The summed E-state index contributed by atoms with van der Waals surface area (Å²) in [5.74, 6) is 1.17. The average molecular weight is 247 g/mol. The van der Waals surface area contributed by atoms with Crippen LogP contribution in [0.25, 0.3) is 0 Å². The largest absolute Gasteiger partial charge is 0.356 e. The fourth-order valence-corrected chi connectivity index (χ4v) is 2.44. The van der Waals surface area contributed by atoms with Crippen molar-refractivity contribution in [3.63, 3.8) is 0 Å². The van der Waals surface area contributed by atoms with Crippen molar-refractivity contribution in [1.29, 1.82) is 0 Å². The second kappa shape index (κ2) is 5.70. The molecule has 0 atom stereocenters. The Labute approximate surface area is 111 Å². The van der Waals surface area contributed by atoms with E-state index in [0.29, 0.717) is 5.41 Å². The van der Waals surface area contributed by atoms with Gasteiger partial charge in [-0.3, -0.25) is 0 Å². The third-order valence-corrected chi connectivity index (χ3v) is 3.85. The summed E-state index contributed by atoms with van der Waals surface area (Å²) < 4.78 is 0. The number of anilines is 1. The first-order chi connectivity index (χ1) is 8.62. The van der Waals surface area contributed by atoms with Crippen LogP contribution in [0.4, 0.5) is 5.82 Å². The monoisotopic (exact) mass is 247 g/mol. The Morgan fingerprint density at radius 2 is 2.06 bits per heavy atom. The molecule has 3 heteroatoms. The molecule has 0 spiro atoms. The van der Waals surface area contributed by atoms with Crippen LogP contribution in [0, 0.1) is 5.41 Å². The van der Waals surface area contributed by atoms with E-state index < -0.39 is 0 Å². The van der Waals surface area contributed by atoms with E-state index in [9.17, 15) is 0 Å². The number of nitrogens with zero attached hydrogens (tertiary/aromatic N) is 2. The van der Waals surface area contributed by atoms with E-state index in [-0.39, 0.29) is 0 Å². The van der Waals surface area contributed by atoms with E-state index in [4.69, 9.17) is 0 Å². The molecule has 0 saturated carbocycles. The summed E-state index contributed by atoms with van der Waals surface area (Å²) in [6.07, 6.45) is 4.42. The minimum Gasteiger partial charge on any atom is -0.356 e. The highest BCUT2D eigenvalue weighted by atomic mass is 15.2. The van der Waals surface area contributed by atoms with Gasteiger partial charge in [0.15, 0.2) is 0 Å². The second-order valence-electron chi connectivity index (χ2n) is 5.92. The van der Waals surface area contributed by atoms with Crippen molar-refractivity contribution in [3.05, 3.63) is 23.9 Å². The minimum absolute atomic E-state index is 0.493. The van der Waals surface area contributed by atoms with Crippen molar-refractivity contribution in [2.45, 2.75) is 40.2 Å². The van der Waals surface area contributed by atoms with Gasteiger partial charge in [0.2, 0.25) is 0 Å². The highest BCUT2D eigenvalue weighted by Gasteiger charge is 2.26. The number of pyridine rings is 1. The summed E-state index contributed by atoms with van der Waals surface area (Å²) in [5.41, 5.74) is 1.81. The molecule has 0 radical (unpaired) electrons. The number of piperidine rings is 1. The predicted octanol–water partition coefficient (Wildman–Crippen LogP) is 2.82. The van der Waals surface area contributed by atoms with Gasteiger partial charge in [0, 0.05) is 31.4 Å². The molecule has 1 aliphatic rings. The lowest BCUT2D eigenvalue weighted by Crippen LogP contribution is -2.38. The van der Waals surface area contributed by atoms with Crippen molar-refractivity contribution < 1.29 is 0 Å². The summed E-state index contributed by atoms with van der Waals surface area (Å²) in [6.45, 7) is 11.0. The quantitative estimate of drug-likeness (QED) is 0.887. The van der Waals surface area contributed by atoms with Crippen LogP contribution in [0.2, 0.25) is 0 Å². The molecule has 1 aliphatic heterocycles. The van der Waals surface area contributed by atoms with E-state index in [1.54, 1.807) is 0 Å². The number of nitrogens with one attached hydrogen (secondary N) is 1. The van der Waals surface area contributed by atoms with Crippen molar-refractivity contribution in [2.75, 3.05) is 24.5 Å². The first-order valence-corrected chi connectivity index (χ1v) is 7.02. The van der Waals surface area contributed by atoms with Gasteiger partial charge in [-0.15, -0.1) is 0 Å². The Morgan fingerprint density at radius 1 is 1.33 bits per heavy atom. The lowest BCUT2D eigenvalue weighted by atomic mass is 9.82. The average Bonchev–Trinajstić information content (AvgIpc) is 2.37. The molecule has 2 heterocycles. The number of aromatic nitrogens is 1. The van der Waals surface area contributed by atoms with Gasteiger partial charge in [0.1, 0.15) is 5.82 Å². The SMILES string of the molecule is CCNCc1cccnc1N1CCC(C)(C)CC1. The molecule has 0 unspecified atom stereocenters. The molecule has 1 aromatic rings. The van der Waals surface area contributed by atoms with Gasteiger partial charge >= 0.3 is 0 Å². The molecular formula is C15H25N3. The minimum atomic E-state index is 0.493. The highest BCUT2D eigenvalue weighted by Crippen LogP contribution is 2.32. The van der Waals surface area contributed by atoms with Gasteiger partial charge in [-0.2, -0.15) is 0 Å².